The molecule has 4 heteroatoms. The molecule has 0 aromatic heterocycles. The zero-order chi connectivity index (χ0) is 15.6. The molecule has 116 valence electrons. The molecule has 21 heavy (non-hydrogen) atoms. The Balaban J connectivity index is 1.93. The van der Waals surface area contributed by atoms with E-state index in [-0.39, 0.29) is 12.1 Å². The average molecular weight is 290 g/mol. The van der Waals surface area contributed by atoms with Crippen LogP contribution in [0.15, 0.2) is 18.2 Å². The topological polar surface area (TPSA) is 52.6 Å². The number of likely N-dealkylation sites (N-methyl/N-ethyl adjacent to an activating group) is 1. The number of nitrogens with one attached hydrogen (secondary N) is 1. The number of aryl methyl sites for hydroxylation is 1. The van der Waals surface area contributed by atoms with E-state index in [1.54, 1.807) is 11.9 Å². The van der Waals surface area contributed by atoms with Gasteiger partial charge in [0.15, 0.2) is 0 Å². The van der Waals surface area contributed by atoms with Gasteiger partial charge in [0.25, 0.3) is 0 Å². The second-order valence-corrected chi connectivity index (χ2v) is 6.25. The van der Waals surface area contributed by atoms with Gasteiger partial charge in [0.05, 0.1) is 12.1 Å². The van der Waals surface area contributed by atoms with Gasteiger partial charge in [0, 0.05) is 13.6 Å². The van der Waals surface area contributed by atoms with Gasteiger partial charge in [-0.25, -0.2) is 4.79 Å². The monoisotopic (exact) mass is 290 g/mol. The van der Waals surface area contributed by atoms with Crippen LogP contribution < -0.4 is 5.32 Å². The van der Waals surface area contributed by atoms with E-state index in [9.17, 15) is 9.90 Å². The van der Waals surface area contributed by atoms with E-state index in [4.69, 9.17) is 0 Å². The number of hydrogen-bond acceptors (Lipinski definition) is 2. The Bertz CT molecular complexity index is 512. The van der Waals surface area contributed by atoms with Crippen molar-refractivity contribution in [1.82, 2.24) is 10.2 Å². The van der Waals surface area contributed by atoms with Crippen molar-refractivity contribution in [2.45, 2.75) is 45.8 Å². The van der Waals surface area contributed by atoms with Crippen molar-refractivity contribution >= 4 is 6.03 Å². The molecule has 0 aliphatic heterocycles. The summed E-state index contributed by atoms with van der Waals surface area (Å²) in [7, 11) is 1.73. The number of hydrogen-bond donors (Lipinski definition) is 2. The third kappa shape index (κ3) is 3.97. The number of aliphatic hydroxyl groups excluding tert-OH is 1. The predicted octanol–water partition coefficient (Wildman–Crippen LogP) is 2.78. The van der Waals surface area contributed by atoms with Crippen molar-refractivity contribution in [3.8, 4) is 0 Å². The molecule has 1 fully saturated rings. The lowest BCUT2D eigenvalue weighted by atomic mass is 9.98. The highest BCUT2D eigenvalue weighted by atomic mass is 16.3. The van der Waals surface area contributed by atoms with Crippen LogP contribution in [-0.2, 0) is 0 Å². The summed E-state index contributed by atoms with van der Waals surface area (Å²) >= 11 is 0. The number of rotatable bonds is 5. The molecule has 2 unspecified atom stereocenters. The van der Waals surface area contributed by atoms with Gasteiger partial charge in [-0.2, -0.15) is 0 Å². The van der Waals surface area contributed by atoms with Crippen molar-refractivity contribution < 1.29 is 9.90 Å². The maximum Gasteiger partial charge on any atom is 0.317 e. The molecule has 0 heterocycles. The van der Waals surface area contributed by atoms with Gasteiger partial charge in [-0.3, -0.25) is 0 Å². The van der Waals surface area contributed by atoms with Gasteiger partial charge in [-0.1, -0.05) is 18.2 Å². The molecule has 0 radical (unpaired) electrons. The molecule has 2 amide bonds. The Morgan fingerprint density at radius 2 is 2.10 bits per heavy atom. The fourth-order valence-electron chi connectivity index (χ4n) is 2.61. The van der Waals surface area contributed by atoms with Crippen LogP contribution in [0.3, 0.4) is 0 Å². The summed E-state index contributed by atoms with van der Waals surface area (Å²) in [5.41, 5.74) is 3.58. The molecule has 1 saturated carbocycles. The van der Waals surface area contributed by atoms with Crippen LogP contribution in [0, 0.1) is 19.8 Å². The largest absolute Gasteiger partial charge is 0.391 e. The summed E-state index contributed by atoms with van der Waals surface area (Å²) in [6.45, 7) is 6.54. The predicted molar refractivity (Wildman–Crippen MR) is 84.2 cm³/mol. The summed E-state index contributed by atoms with van der Waals surface area (Å²) in [4.78, 5) is 13.8. The Morgan fingerprint density at radius 1 is 1.43 bits per heavy atom. The highest BCUT2D eigenvalue weighted by Gasteiger charge is 2.31. The summed E-state index contributed by atoms with van der Waals surface area (Å²) in [6, 6.07) is 5.96. The molecule has 1 aliphatic rings. The SMILES string of the molecule is Cc1cccc(C(C)NC(=O)N(C)CC(O)C2CC2)c1C. The number of benzene rings is 1. The van der Waals surface area contributed by atoms with Gasteiger partial charge in [-0.05, 0) is 56.2 Å². The summed E-state index contributed by atoms with van der Waals surface area (Å²) in [5, 5.41) is 12.9. The summed E-state index contributed by atoms with van der Waals surface area (Å²) in [6.07, 6.45) is 1.77. The number of carbonyl (C=O) groups is 1. The molecule has 1 aromatic rings. The number of amides is 2. The van der Waals surface area contributed by atoms with Crippen molar-refractivity contribution in [3.63, 3.8) is 0 Å². The third-order valence-electron chi connectivity index (χ3n) is 4.43. The van der Waals surface area contributed by atoms with Crippen LogP contribution in [0.1, 0.15) is 42.5 Å². The van der Waals surface area contributed by atoms with E-state index >= 15 is 0 Å². The van der Waals surface area contributed by atoms with E-state index in [1.807, 2.05) is 19.1 Å². The van der Waals surface area contributed by atoms with Gasteiger partial charge >= 0.3 is 6.03 Å². The van der Waals surface area contributed by atoms with Crippen molar-refractivity contribution in [1.29, 1.82) is 0 Å². The minimum Gasteiger partial charge on any atom is -0.391 e. The zero-order valence-corrected chi connectivity index (χ0v) is 13.4. The van der Waals surface area contributed by atoms with Crippen LogP contribution >= 0.6 is 0 Å². The molecule has 1 aliphatic carbocycles. The first-order valence-electron chi connectivity index (χ1n) is 7.66. The summed E-state index contributed by atoms with van der Waals surface area (Å²) < 4.78 is 0. The van der Waals surface area contributed by atoms with Crippen LogP contribution in [0.25, 0.3) is 0 Å². The van der Waals surface area contributed by atoms with Crippen LogP contribution in [0.4, 0.5) is 4.79 Å². The second-order valence-electron chi connectivity index (χ2n) is 6.25. The van der Waals surface area contributed by atoms with Gasteiger partial charge in [-0.15, -0.1) is 0 Å². The van der Waals surface area contributed by atoms with Crippen molar-refractivity contribution in [2.24, 2.45) is 5.92 Å². The first-order chi connectivity index (χ1) is 9.90. The van der Waals surface area contributed by atoms with Gasteiger partial charge < -0.3 is 15.3 Å². The molecule has 2 rings (SSSR count). The molecule has 0 spiro atoms. The molecular formula is C17H26N2O2. The number of nitrogens with zero attached hydrogens (tertiary/aromatic N) is 1. The standard InChI is InChI=1S/C17H26N2O2/c1-11-6-5-7-15(12(11)2)13(3)18-17(21)19(4)10-16(20)14-8-9-14/h5-7,13-14,16,20H,8-10H2,1-4H3,(H,18,21). The molecular weight excluding hydrogens is 264 g/mol. The van der Waals surface area contributed by atoms with Crippen LogP contribution in [-0.4, -0.2) is 35.7 Å². The van der Waals surface area contributed by atoms with Crippen LogP contribution in [0.5, 0.6) is 0 Å². The fourth-order valence-corrected chi connectivity index (χ4v) is 2.61. The van der Waals surface area contributed by atoms with E-state index in [0.29, 0.717) is 12.5 Å². The number of urea groups is 1. The Hall–Kier alpha value is -1.55. The van der Waals surface area contributed by atoms with Crippen LogP contribution in [0.2, 0.25) is 0 Å². The van der Waals surface area contributed by atoms with Gasteiger partial charge in [0.1, 0.15) is 0 Å². The van der Waals surface area contributed by atoms with E-state index < -0.39 is 6.10 Å². The Morgan fingerprint density at radius 3 is 2.71 bits per heavy atom. The molecule has 2 N–H and O–H groups in total. The third-order valence-corrected chi connectivity index (χ3v) is 4.43. The lowest BCUT2D eigenvalue weighted by molar-refractivity contribution is 0.112. The Kier molecular flexibility index (Phi) is 4.88. The maximum absolute atomic E-state index is 12.2. The maximum atomic E-state index is 12.2. The summed E-state index contributed by atoms with van der Waals surface area (Å²) in [5.74, 6) is 0.386. The van der Waals surface area contributed by atoms with Crippen molar-refractivity contribution in [2.75, 3.05) is 13.6 Å². The molecule has 2 atom stereocenters. The molecule has 0 bridgehead atoms. The van der Waals surface area contributed by atoms with E-state index in [1.165, 1.54) is 11.1 Å². The Labute approximate surface area is 127 Å². The second kappa shape index (κ2) is 6.48. The first kappa shape index (κ1) is 15.8. The lowest BCUT2D eigenvalue weighted by Crippen LogP contribution is -2.42. The molecule has 1 aromatic carbocycles. The average Bonchev–Trinajstić information content (AvgIpc) is 3.25. The lowest BCUT2D eigenvalue weighted by Gasteiger charge is -2.24. The first-order valence-corrected chi connectivity index (χ1v) is 7.66. The fraction of sp³-hybridized carbons (Fsp3) is 0.588. The van der Waals surface area contributed by atoms with Gasteiger partial charge in [0.2, 0.25) is 0 Å². The minimum atomic E-state index is -0.392. The number of aliphatic hydroxyl groups is 1. The van der Waals surface area contributed by atoms with Crippen molar-refractivity contribution in [3.05, 3.63) is 34.9 Å². The minimum absolute atomic E-state index is 0.0436. The zero-order valence-electron chi connectivity index (χ0n) is 13.4. The number of carbonyl (C=O) groups excluding carboxylic acids is 1. The van der Waals surface area contributed by atoms with E-state index in [0.717, 1.165) is 18.4 Å². The quantitative estimate of drug-likeness (QED) is 0.876. The smallest absolute Gasteiger partial charge is 0.317 e. The molecule has 4 nitrogen and oxygen atoms in total. The normalized spacial score (nSPS) is 17.2. The molecule has 0 saturated heterocycles. The highest BCUT2D eigenvalue weighted by molar-refractivity contribution is 5.74. The highest BCUT2D eigenvalue weighted by Crippen LogP contribution is 2.32. The van der Waals surface area contributed by atoms with E-state index in [2.05, 4.69) is 25.2 Å².